The summed E-state index contributed by atoms with van der Waals surface area (Å²) in [5, 5.41) is 2.28. The van der Waals surface area contributed by atoms with Crippen LogP contribution in [0.4, 0.5) is 14.9 Å². The molecule has 0 spiro atoms. The van der Waals surface area contributed by atoms with Crippen molar-refractivity contribution >= 4 is 45.2 Å². The summed E-state index contributed by atoms with van der Waals surface area (Å²) in [6.07, 6.45) is 0.186. The summed E-state index contributed by atoms with van der Waals surface area (Å²) in [6, 6.07) is 1.77. The summed E-state index contributed by atoms with van der Waals surface area (Å²) in [6.45, 7) is 0.217. The third kappa shape index (κ3) is 2.42. The molecule has 1 fully saturated rings. The quantitative estimate of drug-likeness (QED) is 0.864. The van der Waals surface area contributed by atoms with Gasteiger partial charge in [-0.25, -0.2) is 9.18 Å². The maximum atomic E-state index is 13.0. The fourth-order valence-electron chi connectivity index (χ4n) is 1.57. The van der Waals surface area contributed by atoms with Crippen LogP contribution in [0.25, 0.3) is 0 Å². The van der Waals surface area contributed by atoms with Crippen molar-refractivity contribution in [2.24, 2.45) is 0 Å². The molecule has 1 heterocycles. The van der Waals surface area contributed by atoms with Crippen LogP contribution in [0.5, 0.6) is 0 Å². The second-order valence-electron chi connectivity index (χ2n) is 3.47. The lowest BCUT2D eigenvalue weighted by atomic mass is 10.2. The Bertz CT molecular complexity index is 486. The molecule has 1 aliphatic heterocycles. The zero-order valence-electron chi connectivity index (χ0n) is 8.47. The number of imide groups is 1. The lowest BCUT2D eigenvalue weighted by Crippen LogP contribution is -2.49. The standard InChI is InChI=1S/C10H7BrClFN2O2/c11-6-3-5(13)4-7(12)9(6)15-2-1-8(16)14-10(15)17/h3-4H,1-2H2,(H,14,16,17). The van der Waals surface area contributed by atoms with E-state index in [0.29, 0.717) is 10.2 Å². The molecule has 1 aromatic rings. The Hall–Kier alpha value is -1.14. The maximum Gasteiger partial charge on any atom is 0.328 e. The minimum absolute atomic E-state index is 0.112. The average Bonchev–Trinajstić information content (AvgIpc) is 2.19. The molecule has 7 heteroatoms. The number of anilines is 1. The molecule has 3 amide bonds. The van der Waals surface area contributed by atoms with Gasteiger partial charge in [0.25, 0.3) is 0 Å². The summed E-state index contributed by atoms with van der Waals surface area (Å²) in [4.78, 5) is 23.9. The topological polar surface area (TPSA) is 49.4 Å². The average molecular weight is 322 g/mol. The first-order valence-corrected chi connectivity index (χ1v) is 5.92. The number of nitrogens with one attached hydrogen (secondary N) is 1. The van der Waals surface area contributed by atoms with Crippen molar-refractivity contribution in [2.75, 3.05) is 11.4 Å². The van der Waals surface area contributed by atoms with Crippen LogP contribution in [0, 0.1) is 5.82 Å². The van der Waals surface area contributed by atoms with Gasteiger partial charge in [0.05, 0.1) is 10.7 Å². The molecule has 4 nitrogen and oxygen atoms in total. The Morgan fingerprint density at radius 3 is 2.71 bits per heavy atom. The van der Waals surface area contributed by atoms with Crippen LogP contribution < -0.4 is 10.2 Å². The van der Waals surface area contributed by atoms with Crippen LogP contribution in [0.15, 0.2) is 16.6 Å². The summed E-state index contributed by atoms with van der Waals surface area (Å²) in [7, 11) is 0. The van der Waals surface area contributed by atoms with E-state index in [0.717, 1.165) is 6.07 Å². The molecule has 1 N–H and O–H groups in total. The fourth-order valence-corrected chi connectivity index (χ4v) is 2.64. The van der Waals surface area contributed by atoms with Gasteiger partial charge in [-0.1, -0.05) is 11.6 Å². The van der Waals surface area contributed by atoms with Crippen molar-refractivity contribution in [2.45, 2.75) is 6.42 Å². The number of hydrogen-bond donors (Lipinski definition) is 1. The van der Waals surface area contributed by atoms with Gasteiger partial charge in [-0.15, -0.1) is 0 Å². The number of nitrogens with zero attached hydrogens (tertiary/aromatic N) is 1. The summed E-state index contributed by atoms with van der Waals surface area (Å²) in [5.41, 5.74) is 0.359. The SMILES string of the molecule is O=C1CCN(c2c(Cl)cc(F)cc2Br)C(=O)N1. The molecule has 0 saturated carbocycles. The number of amides is 3. The summed E-state index contributed by atoms with van der Waals surface area (Å²) in [5.74, 6) is -0.834. The molecule has 1 aromatic carbocycles. The molecular formula is C10H7BrClFN2O2. The lowest BCUT2D eigenvalue weighted by molar-refractivity contribution is -0.120. The van der Waals surface area contributed by atoms with Gasteiger partial charge < -0.3 is 0 Å². The molecular weight excluding hydrogens is 314 g/mol. The summed E-state index contributed by atoms with van der Waals surface area (Å²) < 4.78 is 13.4. The van der Waals surface area contributed by atoms with Crippen LogP contribution in [0.1, 0.15) is 6.42 Å². The van der Waals surface area contributed by atoms with Crippen LogP contribution >= 0.6 is 27.5 Å². The normalized spacial score (nSPS) is 16.1. The zero-order valence-corrected chi connectivity index (χ0v) is 10.8. The molecule has 0 bridgehead atoms. The summed E-state index contributed by atoms with van der Waals surface area (Å²) >= 11 is 9.04. The van der Waals surface area contributed by atoms with Crippen molar-refractivity contribution in [3.05, 3.63) is 27.4 Å². The van der Waals surface area contributed by atoms with E-state index in [1.165, 1.54) is 11.0 Å². The number of halogens is 3. The van der Waals surface area contributed by atoms with E-state index in [2.05, 4.69) is 21.2 Å². The second-order valence-corrected chi connectivity index (χ2v) is 4.73. The first-order chi connectivity index (χ1) is 7.99. The van der Waals surface area contributed by atoms with E-state index >= 15 is 0 Å². The third-order valence-electron chi connectivity index (χ3n) is 2.31. The molecule has 90 valence electrons. The van der Waals surface area contributed by atoms with Gasteiger partial charge >= 0.3 is 6.03 Å². The number of carbonyl (C=O) groups is 2. The van der Waals surface area contributed by atoms with Gasteiger partial charge in [0.1, 0.15) is 5.82 Å². The van der Waals surface area contributed by atoms with Gasteiger partial charge in [0, 0.05) is 17.4 Å². The number of urea groups is 1. The number of benzene rings is 1. The molecule has 1 saturated heterocycles. The zero-order chi connectivity index (χ0) is 12.6. The number of rotatable bonds is 1. The molecule has 1 aliphatic rings. The second kappa shape index (κ2) is 4.62. The van der Waals surface area contributed by atoms with E-state index in [4.69, 9.17) is 11.6 Å². The molecule has 0 radical (unpaired) electrons. The first-order valence-electron chi connectivity index (χ1n) is 4.75. The highest BCUT2D eigenvalue weighted by Gasteiger charge is 2.27. The third-order valence-corrected chi connectivity index (χ3v) is 3.20. The highest BCUT2D eigenvalue weighted by atomic mass is 79.9. The minimum Gasteiger partial charge on any atom is -0.291 e. The highest BCUT2D eigenvalue weighted by molar-refractivity contribution is 9.10. The molecule has 2 rings (SSSR count). The van der Waals surface area contributed by atoms with Crippen LogP contribution in [-0.4, -0.2) is 18.5 Å². The van der Waals surface area contributed by atoms with Gasteiger partial charge in [0.2, 0.25) is 5.91 Å². The van der Waals surface area contributed by atoms with E-state index < -0.39 is 11.8 Å². The Morgan fingerprint density at radius 1 is 1.41 bits per heavy atom. The van der Waals surface area contributed by atoms with E-state index in [-0.39, 0.29) is 23.9 Å². The minimum atomic E-state index is -0.560. The smallest absolute Gasteiger partial charge is 0.291 e. The number of carbonyl (C=O) groups excluding carboxylic acids is 2. The monoisotopic (exact) mass is 320 g/mol. The fraction of sp³-hybridized carbons (Fsp3) is 0.200. The van der Waals surface area contributed by atoms with Crippen molar-refractivity contribution in [3.8, 4) is 0 Å². The molecule has 17 heavy (non-hydrogen) atoms. The van der Waals surface area contributed by atoms with Crippen LogP contribution in [-0.2, 0) is 4.79 Å². The van der Waals surface area contributed by atoms with E-state index in [1.54, 1.807) is 0 Å². The Morgan fingerprint density at radius 2 is 2.12 bits per heavy atom. The maximum absolute atomic E-state index is 13.0. The largest absolute Gasteiger partial charge is 0.328 e. The van der Waals surface area contributed by atoms with Gasteiger partial charge in [-0.05, 0) is 28.1 Å². The van der Waals surface area contributed by atoms with E-state index in [1.807, 2.05) is 0 Å². The molecule has 0 atom stereocenters. The molecule has 0 unspecified atom stereocenters. The van der Waals surface area contributed by atoms with Crippen molar-refractivity contribution in [3.63, 3.8) is 0 Å². The predicted octanol–water partition coefficient (Wildman–Crippen LogP) is 2.69. The molecule has 0 aromatic heterocycles. The van der Waals surface area contributed by atoms with Crippen LogP contribution in [0.2, 0.25) is 5.02 Å². The van der Waals surface area contributed by atoms with Crippen molar-refractivity contribution in [1.82, 2.24) is 5.32 Å². The van der Waals surface area contributed by atoms with Gasteiger partial charge in [-0.2, -0.15) is 0 Å². The highest BCUT2D eigenvalue weighted by Crippen LogP contribution is 2.35. The van der Waals surface area contributed by atoms with Crippen LogP contribution in [0.3, 0.4) is 0 Å². The Kier molecular flexibility index (Phi) is 3.35. The molecule has 0 aliphatic carbocycles. The van der Waals surface area contributed by atoms with E-state index in [9.17, 15) is 14.0 Å². The van der Waals surface area contributed by atoms with Gasteiger partial charge in [0.15, 0.2) is 0 Å². The number of hydrogen-bond acceptors (Lipinski definition) is 2. The predicted molar refractivity (Wildman–Crippen MR) is 64.6 cm³/mol. The van der Waals surface area contributed by atoms with Crippen molar-refractivity contribution < 1.29 is 14.0 Å². The lowest BCUT2D eigenvalue weighted by Gasteiger charge is -2.28. The Labute approximate surface area is 110 Å². The first kappa shape index (κ1) is 12.3. The van der Waals surface area contributed by atoms with Gasteiger partial charge in [-0.3, -0.25) is 15.0 Å². The Balaban J connectivity index is 2.40. The van der Waals surface area contributed by atoms with Crippen molar-refractivity contribution in [1.29, 1.82) is 0 Å².